The van der Waals surface area contributed by atoms with Crippen LogP contribution >= 0.6 is 0 Å². The fraction of sp³-hybridized carbons (Fsp3) is 0.0667. The van der Waals surface area contributed by atoms with Crippen LogP contribution in [0.1, 0.15) is 5.69 Å². The van der Waals surface area contributed by atoms with Crippen molar-refractivity contribution in [3.63, 3.8) is 0 Å². The van der Waals surface area contributed by atoms with Crippen LogP contribution in [0.25, 0.3) is 22.4 Å². The summed E-state index contributed by atoms with van der Waals surface area (Å²) in [6, 6.07) is 6.78. The lowest BCUT2D eigenvalue weighted by atomic mass is 10.00. The Morgan fingerprint density at radius 2 is 1.95 bits per heavy atom. The van der Waals surface area contributed by atoms with Gasteiger partial charge in [-0.25, -0.2) is 8.78 Å². The second kappa shape index (κ2) is 4.97. The number of nitrogens with zero attached hydrogens (tertiary/aromatic N) is 2. The molecule has 0 aliphatic rings. The summed E-state index contributed by atoms with van der Waals surface area (Å²) in [4.78, 5) is 4.16. The van der Waals surface area contributed by atoms with Crippen LogP contribution in [-0.2, 0) is 0 Å². The lowest BCUT2D eigenvalue weighted by molar-refractivity contribution is 0.439. The Hall–Kier alpha value is -2.76. The number of hydrogen-bond acceptors (Lipinski definition) is 4. The van der Waals surface area contributed by atoms with Gasteiger partial charge in [-0.15, -0.1) is 0 Å². The molecule has 0 aliphatic heterocycles. The molecule has 3 aromatic rings. The van der Waals surface area contributed by atoms with Gasteiger partial charge in [0.15, 0.2) is 0 Å². The first kappa shape index (κ1) is 13.2. The summed E-state index contributed by atoms with van der Waals surface area (Å²) in [5, 5.41) is 3.89. The Labute approximate surface area is 119 Å². The standard InChI is InChI=1S/C15H11F2N3O/c1-8-10(3-2-6-19-8)14-13(15(18)21-20-14)11-5-4-9(16)7-12(11)17/h2-7H,18H2,1H3. The lowest BCUT2D eigenvalue weighted by Crippen LogP contribution is -1.93. The Morgan fingerprint density at radius 1 is 1.14 bits per heavy atom. The van der Waals surface area contributed by atoms with Crippen molar-refractivity contribution < 1.29 is 13.3 Å². The molecule has 0 atom stereocenters. The number of nitrogens with two attached hydrogens (primary N) is 1. The normalized spacial score (nSPS) is 10.8. The van der Waals surface area contributed by atoms with Gasteiger partial charge in [-0.3, -0.25) is 4.98 Å². The number of aromatic nitrogens is 2. The minimum Gasteiger partial charge on any atom is -0.367 e. The number of halogens is 2. The van der Waals surface area contributed by atoms with Crippen LogP contribution in [0.4, 0.5) is 14.7 Å². The quantitative estimate of drug-likeness (QED) is 0.782. The Kier molecular flexibility index (Phi) is 3.13. The molecule has 3 rings (SSSR count). The number of aryl methyl sites for hydroxylation is 1. The molecule has 21 heavy (non-hydrogen) atoms. The van der Waals surface area contributed by atoms with Crippen LogP contribution in [0.3, 0.4) is 0 Å². The van der Waals surface area contributed by atoms with Gasteiger partial charge in [0, 0.05) is 29.1 Å². The third-order valence-corrected chi connectivity index (χ3v) is 3.18. The van der Waals surface area contributed by atoms with E-state index in [4.69, 9.17) is 10.3 Å². The van der Waals surface area contributed by atoms with Crippen LogP contribution in [0, 0.1) is 18.6 Å². The van der Waals surface area contributed by atoms with E-state index in [1.54, 1.807) is 25.3 Å². The molecule has 0 unspecified atom stereocenters. The van der Waals surface area contributed by atoms with Crippen LogP contribution in [0.15, 0.2) is 41.1 Å². The van der Waals surface area contributed by atoms with Gasteiger partial charge in [0.1, 0.15) is 17.3 Å². The molecule has 0 fully saturated rings. The Balaban J connectivity index is 2.25. The summed E-state index contributed by atoms with van der Waals surface area (Å²) in [5.41, 5.74) is 7.94. The smallest absolute Gasteiger partial charge is 0.230 e. The van der Waals surface area contributed by atoms with Crippen molar-refractivity contribution in [2.75, 3.05) is 5.73 Å². The minimum atomic E-state index is -0.729. The summed E-state index contributed by atoms with van der Waals surface area (Å²) >= 11 is 0. The molecule has 2 heterocycles. The fourth-order valence-electron chi connectivity index (χ4n) is 2.17. The van der Waals surface area contributed by atoms with Crippen molar-refractivity contribution in [1.82, 2.24) is 10.1 Å². The first-order chi connectivity index (χ1) is 10.1. The Bertz CT molecular complexity index is 814. The molecule has 1 aromatic carbocycles. The maximum atomic E-state index is 14.0. The fourth-order valence-corrected chi connectivity index (χ4v) is 2.17. The average molecular weight is 287 g/mol. The topological polar surface area (TPSA) is 64.9 Å². The van der Waals surface area contributed by atoms with E-state index in [0.29, 0.717) is 22.5 Å². The highest BCUT2D eigenvalue weighted by atomic mass is 19.1. The van der Waals surface area contributed by atoms with Crippen molar-refractivity contribution in [3.8, 4) is 22.4 Å². The molecule has 0 spiro atoms. The van der Waals surface area contributed by atoms with Crippen molar-refractivity contribution in [2.24, 2.45) is 0 Å². The van der Waals surface area contributed by atoms with E-state index < -0.39 is 11.6 Å². The molecule has 4 nitrogen and oxygen atoms in total. The van der Waals surface area contributed by atoms with E-state index in [-0.39, 0.29) is 11.4 Å². The average Bonchev–Trinajstić information content (AvgIpc) is 2.81. The van der Waals surface area contributed by atoms with Gasteiger partial charge in [0.2, 0.25) is 5.88 Å². The molecule has 0 aliphatic carbocycles. The van der Waals surface area contributed by atoms with E-state index in [9.17, 15) is 8.78 Å². The molecular weight excluding hydrogens is 276 g/mol. The molecule has 0 bridgehead atoms. The van der Waals surface area contributed by atoms with Gasteiger partial charge in [0.05, 0.1) is 5.56 Å². The van der Waals surface area contributed by atoms with Gasteiger partial charge >= 0.3 is 0 Å². The first-order valence-electron chi connectivity index (χ1n) is 6.20. The number of hydrogen-bond donors (Lipinski definition) is 1. The van der Waals surface area contributed by atoms with Gasteiger partial charge in [-0.2, -0.15) is 0 Å². The summed E-state index contributed by atoms with van der Waals surface area (Å²) in [6.45, 7) is 1.80. The maximum Gasteiger partial charge on any atom is 0.230 e. The van der Waals surface area contributed by atoms with E-state index in [2.05, 4.69) is 10.1 Å². The lowest BCUT2D eigenvalue weighted by Gasteiger charge is -2.06. The van der Waals surface area contributed by atoms with Crippen LogP contribution in [0.5, 0.6) is 0 Å². The molecule has 0 saturated heterocycles. The third kappa shape index (κ3) is 2.24. The van der Waals surface area contributed by atoms with E-state index >= 15 is 0 Å². The second-order valence-corrected chi connectivity index (χ2v) is 4.53. The maximum absolute atomic E-state index is 14.0. The molecule has 0 saturated carbocycles. The zero-order chi connectivity index (χ0) is 15.0. The number of pyridine rings is 1. The van der Waals surface area contributed by atoms with Crippen molar-refractivity contribution in [3.05, 3.63) is 53.9 Å². The molecule has 6 heteroatoms. The van der Waals surface area contributed by atoms with Crippen LogP contribution in [0.2, 0.25) is 0 Å². The molecule has 106 valence electrons. The molecule has 0 amide bonds. The van der Waals surface area contributed by atoms with Gasteiger partial charge in [0.25, 0.3) is 0 Å². The highest BCUT2D eigenvalue weighted by Crippen LogP contribution is 2.38. The van der Waals surface area contributed by atoms with Crippen LogP contribution < -0.4 is 5.73 Å². The van der Waals surface area contributed by atoms with E-state index in [0.717, 1.165) is 12.1 Å². The van der Waals surface area contributed by atoms with Crippen LogP contribution in [-0.4, -0.2) is 10.1 Å². The van der Waals surface area contributed by atoms with Crippen molar-refractivity contribution in [2.45, 2.75) is 6.92 Å². The summed E-state index contributed by atoms with van der Waals surface area (Å²) < 4.78 is 32.1. The predicted molar refractivity (Wildman–Crippen MR) is 74.2 cm³/mol. The Morgan fingerprint density at radius 3 is 2.67 bits per heavy atom. The highest BCUT2D eigenvalue weighted by Gasteiger charge is 2.21. The monoisotopic (exact) mass is 287 g/mol. The van der Waals surface area contributed by atoms with E-state index in [1.807, 2.05) is 0 Å². The predicted octanol–water partition coefficient (Wildman–Crippen LogP) is 3.57. The number of nitrogen functional groups attached to an aromatic ring is 1. The highest BCUT2D eigenvalue weighted by molar-refractivity contribution is 5.87. The number of rotatable bonds is 2. The van der Waals surface area contributed by atoms with Gasteiger partial charge in [-0.05, 0) is 31.2 Å². The molecule has 2 aromatic heterocycles. The van der Waals surface area contributed by atoms with E-state index in [1.165, 1.54) is 6.07 Å². The van der Waals surface area contributed by atoms with Crippen molar-refractivity contribution >= 4 is 5.88 Å². The largest absolute Gasteiger partial charge is 0.367 e. The first-order valence-corrected chi connectivity index (χ1v) is 6.20. The number of benzene rings is 1. The number of anilines is 1. The molecular formula is C15H11F2N3O. The zero-order valence-electron chi connectivity index (χ0n) is 11.1. The molecule has 2 N–H and O–H groups in total. The summed E-state index contributed by atoms with van der Waals surface area (Å²) in [6.07, 6.45) is 1.64. The minimum absolute atomic E-state index is 0.0289. The molecule has 0 radical (unpaired) electrons. The zero-order valence-corrected chi connectivity index (χ0v) is 11.1. The SMILES string of the molecule is Cc1ncccc1-c1noc(N)c1-c1ccc(F)cc1F. The van der Waals surface area contributed by atoms with Crippen molar-refractivity contribution in [1.29, 1.82) is 0 Å². The summed E-state index contributed by atoms with van der Waals surface area (Å²) in [7, 11) is 0. The second-order valence-electron chi connectivity index (χ2n) is 4.53. The third-order valence-electron chi connectivity index (χ3n) is 3.18. The van der Waals surface area contributed by atoms with Gasteiger partial charge in [-0.1, -0.05) is 5.16 Å². The summed E-state index contributed by atoms with van der Waals surface area (Å²) in [5.74, 6) is -1.42. The van der Waals surface area contributed by atoms with Gasteiger partial charge < -0.3 is 10.3 Å².